The summed E-state index contributed by atoms with van der Waals surface area (Å²) >= 11 is 0. The topological polar surface area (TPSA) is 161 Å². The molecule has 3 N–H and O–H groups in total. The number of carbonyl (C=O) groups excluding carboxylic acids is 5. The van der Waals surface area contributed by atoms with E-state index in [1.54, 1.807) is 24.3 Å². The fraction of sp³-hybridized carbons (Fsp3) is 0.367. The number of carbonyl (C=O) groups is 5. The number of rotatable bonds is 13. The summed E-state index contributed by atoms with van der Waals surface area (Å²) in [4.78, 5) is 63.5. The summed E-state index contributed by atoms with van der Waals surface area (Å²) in [6.07, 6.45) is 1.68. The lowest BCUT2D eigenvalue weighted by Crippen LogP contribution is -2.56. The van der Waals surface area contributed by atoms with Crippen LogP contribution in [-0.4, -0.2) is 77.7 Å². The van der Waals surface area contributed by atoms with Crippen molar-refractivity contribution in [1.82, 2.24) is 15.5 Å². The highest BCUT2D eigenvalue weighted by atomic mass is 16.6. The number of nitrogens with one attached hydrogen (secondary N) is 2. The van der Waals surface area contributed by atoms with Gasteiger partial charge in [0.05, 0.1) is 13.0 Å². The second kappa shape index (κ2) is 15.9. The van der Waals surface area contributed by atoms with Crippen molar-refractivity contribution in [1.29, 1.82) is 0 Å². The molecule has 0 aliphatic carbocycles. The highest BCUT2D eigenvalue weighted by Gasteiger charge is 2.37. The van der Waals surface area contributed by atoms with E-state index < -0.39 is 54.6 Å². The molecule has 12 heteroatoms. The third-order valence-electron chi connectivity index (χ3n) is 6.37. The van der Waals surface area contributed by atoms with E-state index in [0.717, 1.165) is 5.56 Å². The second-order valence-corrected chi connectivity index (χ2v) is 9.58. The van der Waals surface area contributed by atoms with Gasteiger partial charge >= 0.3 is 18.0 Å². The Kier molecular flexibility index (Phi) is 12.1. The fourth-order valence-corrected chi connectivity index (χ4v) is 4.17. The predicted octanol–water partition coefficient (Wildman–Crippen LogP) is 1.65. The lowest BCUT2D eigenvalue weighted by Gasteiger charge is -2.25. The summed E-state index contributed by atoms with van der Waals surface area (Å²) in [5.41, 5.74) is 1.48. The van der Waals surface area contributed by atoms with E-state index in [1.165, 1.54) is 17.9 Å². The molecule has 0 bridgehead atoms. The number of amides is 3. The fourth-order valence-electron chi connectivity index (χ4n) is 4.17. The Labute approximate surface area is 243 Å². The van der Waals surface area contributed by atoms with Crippen molar-refractivity contribution < 1.29 is 43.3 Å². The third kappa shape index (κ3) is 9.44. The Morgan fingerprint density at radius 2 is 1.74 bits per heavy atom. The van der Waals surface area contributed by atoms with E-state index in [9.17, 15) is 29.1 Å². The number of likely N-dealkylation sites (tertiary alicyclic amines) is 1. The summed E-state index contributed by atoms with van der Waals surface area (Å²) in [7, 11) is 0. The molecule has 2 aromatic carbocycles. The number of ether oxygens (including phenoxy) is 3. The van der Waals surface area contributed by atoms with Crippen LogP contribution in [-0.2, 0) is 41.7 Å². The molecule has 0 aromatic heterocycles. The Hall–Kier alpha value is -4.71. The number of hydrogen-bond donors (Lipinski definition) is 3. The molecule has 0 unspecified atom stereocenters. The van der Waals surface area contributed by atoms with Crippen LogP contribution < -0.4 is 15.4 Å². The molecule has 1 fully saturated rings. The van der Waals surface area contributed by atoms with Crippen molar-refractivity contribution in [3.63, 3.8) is 0 Å². The molecule has 224 valence electrons. The molecular weight excluding hydrogens is 546 g/mol. The first-order valence-corrected chi connectivity index (χ1v) is 13.5. The Balaban J connectivity index is 1.47. The van der Waals surface area contributed by atoms with Crippen LogP contribution in [0.1, 0.15) is 30.9 Å². The quantitative estimate of drug-likeness (QED) is 0.182. The Morgan fingerprint density at radius 3 is 2.40 bits per heavy atom. The lowest BCUT2D eigenvalue weighted by molar-refractivity contribution is -0.146. The summed E-state index contributed by atoms with van der Waals surface area (Å²) in [5.74, 6) is -2.17. The number of esters is 2. The molecule has 0 spiro atoms. The van der Waals surface area contributed by atoms with E-state index in [4.69, 9.17) is 14.2 Å². The molecular formula is C30H35N3O9. The number of aliphatic hydroxyl groups is 1. The van der Waals surface area contributed by atoms with Crippen molar-refractivity contribution in [2.75, 3.05) is 19.8 Å². The van der Waals surface area contributed by atoms with Gasteiger partial charge in [-0.25, -0.2) is 9.59 Å². The van der Waals surface area contributed by atoms with Crippen LogP contribution in [0.3, 0.4) is 0 Å². The van der Waals surface area contributed by atoms with Crippen LogP contribution in [0.4, 0.5) is 4.79 Å². The van der Waals surface area contributed by atoms with Gasteiger partial charge in [0.15, 0.2) is 0 Å². The van der Waals surface area contributed by atoms with Crippen molar-refractivity contribution >= 4 is 29.8 Å². The average Bonchev–Trinajstić information content (AvgIpc) is 3.49. The minimum atomic E-state index is -1.34. The van der Waals surface area contributed by atoms with Gasteiger partial charge in [-0.3, -0.25) is 19.3 Å². The van der Waals surface area contributed by atoms with E-state index in [1.807, 2.05) is 30.3 Å². The first kappa shape index (κ1) is 31.8. The maximum Gasteiger partial charge on any atom is 0.410 e. The van der Waals surface area contributed by atoms with E-state index >= 15 is 0 Å². The Bertz CT molecular complexity index is 1250. The normalized spacial score (nSPS) is 15.6. The minimum absolute atomic E-state index is 0.0251. The SMILES string of the molecule is C=CCOC(=O)[C@H](C)NC(=O)[C@H](CO)NC(=O)[C@@H]1CCCN1C(=O)OCc1ccc(OC(=O)Cc2ccccc2)cc1. The molecule has 12 nitrogen and oxygen atoms in total. The largest absolute Gasteiger partial charge is 0.460 e. The molecule has 0 saturated carbocycles. The van der Waals surface area contributed by atoms with Gasteiger partial charge in [-0.05, 0) is 43.0 Å². The second-order valence-electron chi connectivity index (χ2n) is 9.58. The number of benzene rings is 2. The zero-order valence-corrected chi connectivity index (χ0v) is 23.3. The van der Waals surface area contributed by atoms with E-state index in [-0.39, 0.29) is 26.2 Å². The van der Waals surface area contributed by atoms with Crippen LogP contribution >= 0.6 is 0 Å². The standard InChI is InChI=1S/C30H35N3O9/c1-3-16-40-29(38)20(2)31-27(36)24(18-34)32-28(37)25-10-7-15-33(25)30(39)41-19-22-11-13-23(14-12-22)42-26(35)17-21-8-5-4-6-9-21/h3-6,8-9,11-14,20,24-25,34H,1,7,10,15-19H2,2H3,(H,31,36)(H,32,37)/t20-,24-,25-/m0/s1. The van der Waals surface area contributed by atoms with Crippen molar-refractivity contribution in [3.05, 3.63) is 78.4 Å². The molecule has 1 saturated heterocycles. The van der Waals surface area contributed by atoms with Gasteiger partial charge in [0, 0.05) is 6.54 Å². The first-order valence-electron chi connectivity index (χ1n) is 13.5. The predicted molar refractivity (Wildman–Crippen MR) is 150 cm³/mol. The van der Waals surface area contributed by atoms with Gasteiger partial charge in [0.1, 0.15) is 37.1 Å². The zero-order chi connectivity index (χ0) is 30.5. The van der Waals surface area contributed by atoms with Gasteiger partial charge in [0.2, 0.25) is 11.8 Å². The molecule has 3 amide bonds. The molecule has 1 heterocycles. The molecule has 0 radical (unpaired) electrons. The highest BCUT2D eigenvalue weighted by Crippen LogP contribution is 2.20. The molecule has 42 heavy (non-hydrogen) atoms. The minimum Gasteiger partial charge on any atom is -0.460 e. The van der Waals surface area contributed by atoms with Gasteiger partial charge in [0.25, 0.3) is 0 Å². The Morgan fingerprint density at radius 1 is 1.02 bits per heavy atom. The summed E-state index contributed by atoms with van der Waals surface area (Å²) in [6, 6.07) is 12.5. The van der Waals surface area contributed by atoms with Crippen LogP contribution in [0.2, 0.25) is 0 Å². The van der Waals surface area contributed by atoms with Crippen molar-refractivity contribution in [3.8, 4) is 5.75 Å². The maximum absolute atomic E-state index is 12.9. The summed E-state index contributed by atoms with van der Waals surface area (Å²) in [6.45, 7) is 4.29. The average molecular weight is 582 g/mol. The third-order valence-corrected chi connectivity index (χ3v) is 6.37. The summed E-state index contributed by atoms with van der Waals surface area (Å²) < 4.78 is 15.6. The van der Waals surface area contributed by atoms with Crippen LogP contribution in [0.25, 0.3) is 0 Å². The van der Waals surface area contributed by atoms with Gasteiger partial charge < -0.3 is 30.0 Å². The van der Waals surface area contributed by atoms with E-state index in [2.05, 4.69) is 17.2 Å². The smallest absolute Gasteiger partial charge is 0.410 e. The number of hydrogen-bond acceptors (Lipinski definition) is 9. The number of nitrogens with zero attached hydrogens (tertiary/aromatic N) is 1. The monoisotopic (exact) mass is 581 g/mol. The molecule has 1 aliphatic heterocycles. The number of aliphatic hydroxyl groups excluding tert-OH is 1. The maximum atomic E-state index is 12.9. The lowest BCUT2D eigenvalue weighted by atomic mass is 10.1. The zero-order valence-electron chi connectivity index (χ0n) is 23.3. The molecule has 1 aliphatic rings. The molecule has 3 atom stereocenters. The van der Waals surface area contributed by atoms with Gasteiger partial charge in [-0.15, -0.1) is 0 Å². The van der Waals surface area contributed by atoms with Gasteiger partial charge in [-0.2, -0.15) is 0 Å². The van der Waals surface area contributed by atoms with Crippen molar-refractivity contribution in [2.45, 2.75) is 50.9 Å². The van der Waals surface area contributed by atoms with E-state index in [0.29, 0.717) is 24.2 Å². The highest BCUT2D eigenvalue weighted by molar-refractivity contribution is 5.93. The summed E-state index contributed by atoms with van der Waals surface area (Å²) in [5, 5.41) is 14.5. The van der Waals surface area contributed by atoms with Crippen LogP contribution in [0, 0.1) is 0 Å². The van der Waals surface area contributed by atoms with Crippen LogP contribution in [0.15, 0.2) is 67.3 Å². The first-order chi connectivity index (χ1) is 20.2. The molecule has 2 aromatic rings. The van der Waals surface area contributed by atoms with Crippen LogP contribution in [0.5, 0.6) is 5.75 Å². The van der Waals surface area contributed by atoms with Crippen molar-refractivity contribution in [2.24, 2.45) is 0 Å². The molecule has 3 rings (SSSR count). The van der Waals surface area contributed by atoms with Gasteiger partial charge in [-0.1, -0.05) is 55.1 Å².